The Morgan fingerprint density at radius 2 is 2.27 bits per heavy atom. The van der Waals surface area contributed by atoms with E-state index in [1.807, 2.05) is 24.6 Å². The summed E-state index contributed by atoms with van der Waals surface area (Å²) in [5.74, 6) is 0. The van der Waals surface area contributed by atoms with E-state index in [9.17, 15) is 5.11 Å². The van der Waals surface area contributed by atoms with E-state index in [2.05, 4.69) is 15.9 Å². The molecule has 3 heteroatoms. The molecule has 1 rings (SSSR count). The monoisotopic (exact) mass is 234 g/mol. The highest BCUT2D eigenvalue weighted by Gasteiger charge is 2.23. The molecule has 0 bridgehead atoms. The number of halogens is 1. The normalized spacial score (nSPS) is 16.4. The van der Waals surface area contributed by atoms with Crippen LogP contribution in [0.25, 0.3) is 0 Å². The summed E-state index contributed by atoms with van der Waals surface area (Å²) in [5.41, 5.74) is 0.309. The topological polar surface area (TPSA) is 20.2 Å². The summed E-state index contributed by atoms with van der Waals surface area (Å²) in [6.45, 7) is 3.81. The van der Waals surface area contributed by atoms with Crippen LogP contribution in [0, 0.1) is 0 Å². The summed E-state index contributed by atoms with van der Waals surface area (Å²) in [6.07, 6.45) is 0.738. The van der Waals surface area contributed by atoms with Crippen LogP contribution in [0.4, 0.5) is 0 Å². The molecule has 0 aromatic carbocycles. The van der Waals surface area contributed by atoms with Gasteiger partial charge in [-0.3, -0.25) is 0 Å². The highest BCUT2D eigenvalue weighted by atomic mass is 79.9. The van der Waals surface area contributed by atoms with Crippen molar-refractivity contribution in [3.8, 4) is 0 Å². The predicted octanol–water partition coefficient (Wildman–Crippen LogP) is 3.13. The molecule has 0 aliphatic carbocycles. The van der Waals surface area contributed by atoms with Gasteiger partial charge in [-0.15, -0.1) is 0 Å². The Labute approximate surface area is 79.2 Å². The number of rotatable bonds is 2. The lowest BCUT2D eigenvalue weighted by Gasteiger charge is -2.20. The van der Waals surface area contributed by atoms with Gasteiger partial charge in [0.05, 0.1) is 5.60 Å². The lowest BCUT2D eigenvalue weighted by molar-refractivity contribution is 0.0528. The average molecular weight is 235 g/mol. The molecule has 1 nitrogen and oxygen atoms in total. The zero-order valence-electron chi connectivity index (χ0n) is 6.60. The maximum absolute atomic E-state index is 9.84. The third-order valence-electron chi connectivity index (χ3n) is 1.88. The number of hydrogen-bond donors (Lipinski definition) is 1. The third-order valence-corrected chi connectivity index (χ3v) is 3.59. The van der Waals surface area contributed by atoms with E-state index in [4.69, 9.17) is 0 Å². The third kappa shape index (κ3) is 1.83. The van der Waals surface area contributed by atoms with Crippen molar-refractivity contribution in [3.63, 3.8) is 0 Å². The minimum Gasteiger partial charge on any atom is -0.385 e. The Bertz CT molecular complexity index is 242. The Morgan fingerprint density at radius 3 is 2.64 bits per heavy atom. The van der Waals surface area contributed by atoms with Crippen molar-refractivity contribution in [1.82, 2.24) is 0 Å². The van der Waals surface area contributed by atoms with Crippen molar-refractivity contribution in [2.75, 3.05) is 0 Å². The molecule has 0 amide bonds. The predicted molar refractivity (Wildman–Crippen MR) is 51.9 cm³/mol. The number of aliphatic hydroxyl groups is 1. The molecule has 1 aromatic heterocycles. The van der Waals surface area contributed by atoms with Crippen LogP contribution >= 0.6 is 27.3 Å². The molecular weight excluding hydrogens is 224 g/mol. The van der Waals surface area contributed by atoms with E-state index in [0.717, 1.165) is 16.5 Å². The number of thiophene rings is 1. The van der Waals surface area contributed by atoms with Gasteiger partial charge in [-0.25, -0.2) is 0 Å². The zero-order chi connectivity index (χ0) is 8.48. The van der Waals surface area contributed by atoms with Gasteiger partial charge in [-0.2, -0.15) is 11.3 Å². The van der Waals surface area contributed by atoms with Crippen LogP contribution in [-0.4, -0.2) is 5.11 Å². The summed E-state index contributed by atoms with van der Waals surface area (Å²) in [7, 11) is 0. The average Bonchev–Trinajstić information content (AvgIpc) is 2.36. The lowest BCUT2D eigenvalue weighted by atomic mass is 9.96. The fourth-order valence-electron chi connectivity index (χ4n) is 0.856. The second kappa shape index (κ2) is 3.25. The zero-order valence-corrected chi connectivity index (χ0v) is 9.00. The fraction of sp³-hybridized carbons (Fsp3) is 0.500. The molecular formula is C8H11BrOS. The first-order chi connectivity index (χ1) is 5.08. The van der Waals surface area contributed by atoms with Crippen LogP contribution < -0.4 is 0 Å². The van der Waals surface area contributed by atoms with E-state index in [1.165, 1.54) is 0 Å². The summed E-state index contributed by atoms with van der Waals surface area (Å²) in [5, 5.41) is 13.8. The Morgan fingerprint density at radius 1 is 1.64 bits per heavy atom. The standard InChI is InChI=1S/C8H11BrOS/c1-3-8(2,10)6-4-11-5-7(6)9/h4-5,10H,3H2,1-2H3. The Hall–Kier alpha value is 0.140. The van der Waals surface area contributed by atoms with E-state index in [1.54, 1.807) is 11.3 Å². The largest absolute Gasteiger partial charge is 0.385 e. The van der Waals surface area contributed by atoms with Crippen molar-refractivity contribution in [3.05, 3.63) is 20.8 Å². The van der Waals surface area contributed by atoms with E-state index in [-0.39, 0.29) is 0 Å². The highest BCUT2D eigenvalue weighted by molar-refractivity contribution is 9.10. The van der Waals surface area contributed by atoms with Crippen LogP contribution in [0.2, 0.25) is 0 Å². The molecule has 1 N–H and O–H groups in total. The summed E-state index contributed by atoms with van der Waals surface area (Å²) in [4.78, 5) is 0. The van der Waals surface area contributed by atoms with Gasteiger partial charge in [-0.05, 0) is 34.7 Å². The van der Waals surface area contributed by atoms with Gasteiger partial charge < -0.3 is 5.11 Å². The van der Waals surface area contributed by atoms with Gasteiger partial charge in [0, 0.05) is 15.4 Å². The molecule has 0 aliphatic rings. The molecule has 11 heavy (non-hydrogen) atoms. The summed E-state index contributed by atoms with van der Waals surface area (Å²) in [6, 6.07) is 0. The molecule has 0 spiro atoms. The van der Waals surface area contributed by atoms with Gasteiger partial charge in [0.15, 0.2) is 0 Å². The maximum atomic E-state index is 9.84. The second-order valence-electron chi connectivity index (χ2n) is 2.76. The van der Waals surface area contributed by atoms with E-state index >= 15 is 0 Å². The first kappa shape index (κ1) is 9.23. The summed E-state index contributed by atoms with van der Waals surface area (Å²) < 4.78 is 1.01. The van der Waals surface area contributed by atoms with Gasteiger partial charge in [0.2, 0.25) is 0 Å². The molecule has 1 atom stereocenters. The van der Waals surface area contributed by atoms with Crippen molar-refractivity contribution >= 4 is 27.3 Å². The fourth-order valence-corrected chi connectivity index (χ4v) is 2.70. The maximum Gasteiger partial charge on any atom is 0.0884 e. The molecule has 1 aromatic rings. The lowest BCUT2D eigenvalue weighted by Crippen LogP contribution is -2.18. The minimum absolute atomic E-state index is 0.682. The van der Waals surface area contributed by atoms with Crippen LogP contribution in [0.1, 0.15) is 25.8 Å². The quantitative estimate of drug-likeness (QED) is 0.834. The molecule has 0 radical (unpaired) electrons. The van der Waals surface area contributed by atoms with Gasteiger partial charge in [0.1, 0.15) is 0 Å². The molecule has 0 aliphatic heterocycles. The molecule has 0 fully saturated rings. The highest BCUT2D eigenvalue weighted by Crippen LogP contribution is 2.33. The Balaban J connectivity index is 3.00. The van der Waals surface area contributed by atoms with Crippen LogP contribution in [0.3, 0.4) is 0 Å². The summed E-state index contributed by atoms with van der Waals surface area (Å²) >= 11 is 4.99. The smallest absolute Gasteiger partial charge is 0.0884 e. The van der Waals surface area contributed by atoms with Gasteiger partial charge in [-0.1, -0.05) is 6.92 Å². The van der Waals surface area contributed by atoms with Crippen molar-refractivity contribution < 1.29 is 5.11 Å². The molecule has 1 unspecified atom stereocenters. The Kier molecular flexibility index (Phi) is 2.73. The van der Waals surface area contributed by atoms with E-state index < -0.39 is 5.60 Å². The van der Waals surface area contributed by atoms with Crippen molar-refractivity contribution in [2.24, 2.45) is 0 Å². The van der Waals surface area contributed by atoms with Gasteiger partial charge >= 0.3 is 0 Å². The van der Waals surface area contributed by atoms with Crippen molar-refractivity contribution in [1.29, 1.82) is 0 Å². The molecule has 0 saturated heterocycles. The first-order valence-corrected chi connectivity index (χ1v) is 5.26. The SMILES string of the molecule is CCC(C)(O)c1cscc1Br. The second-order valence-corrected chi connectivity index (χ2v) is 4.36. The van der Waals surface area contributed by atoms with E-state index in [0.29, 0.717) is 0 Å². The molecule has 1 heterocycles. The van der Waals surface area contributed by atoms with Crippen molar-refractivity contribution in [2.45, 2.75) is 25.9 Å². The van der Waals surface area contributed by atoms with Crippen LogP contribution in [0.5, 0.6) is 0 Å². The first-order valence-electron chi connectivity index (χ1n) is 3.52. The van der Waals surface area contributed by atoms with Gasteiger partial charge in [0.25, 0.3) is 0 Å². The van der Waals surface area contributed by atoms with Crippen LogP contribution in [0.15, 0.2) is 15.2 Å². The van der Waals surface area contributed by atoms with Crippen LogP contribution in [-0.2, 0) is 5.60 Å². The molecule has 62 valence electrons. The minimum atomic E-state index is -0.682. The molecule has 0 saturated carbocycles. The number of hydrogen-bond acceptors (Lipinski definition) is 2.